The van der Waals surface area contributed by atoms with Gasteiger partial charge in [0.05, 0.1) is 44.2 Å². The predicted molar refractivity (Wildman–Crippen MR) is 109 cm³/mol. The zero-order valence-electron chi connectivity index (χ0n) is 16.7. The summed E-state index contributed by atoms with van der Waals surface area (Å²) in [6.07, 6.45) is 14.3. The first-order chi connectivity index (χ1) is 13.8. The average molecular weight is 380 g/mol. The van der Waals surface area contributed by atoms with Crippen LogP contribution in [-0.2, 0) is 6.54 Å². The van der Waals surface area contributed by atoms with Crippen LogP contribution in [0.1, 0.15) is 50.6 Å². The maximum atomic E-state index is 5.71. The third-order valence-corrected chi connectivity index (χ3v) is 5.44. The zero-order valence-corrected chi connectivity index (χ0v) is 16.7. The number of ether oxygens (including phenoxy) is 2. The van der Waals surface area contributed by atoms with E-state index in [4.69, 9.17) is 9.47 Å². The maximum absolute atomic E-state index is 5.71. The van der Waals surface area contributed by atoms with Gasteiger partial charge < -0.3 is 14.0 Å². The van der Waals surface area contributed by atoms with E-state index in [0.29, 0.717) is 19.2 Å². The molecule has 0 saturated heterocycles. The Bertz CT molecular complexity index is 909. The molecule has 1 fully saturated rings. The molecule has 0 bridgehead atoms. The van der Waals surface area contributed by atoms with Gasteiger partial charge >= 0.3 is 0 Å². The predicted octanol–water partition coefficient (Wildman–Crippen LogP) is 4.71. The molecule has 3 aromatic rings. The van der Waals surface area contributed by atoms with Crippen LogP contribution in [-0.4, -0.2) is 33.0 Å². The van der Waals surface area contributed by atoms with Crippen LogP contribution in [0.25, 0.3) is 11.3 Å². The van der Waals surface area contributed by atoms with Crippen molar-refractivity contribution in [2.75, 3.05) is 13.7 Å². The Hall–Kier alpha value is -2.76. The Morgan fingerprint density at radius 2 is 1.96 bits per heavy atom. The number of hydrogen-bond donors (Lipinski definition) is 0. The highest BCUT2D eigenvalue weighted by atomic mass is 16.5. The van der Waals surface area contributed by atoms with E-state index in [2.05, 4.69) is 31.6 Å². The summed E-state index contributed by atoms with van der Waals surface area (Å²) in [6, 6.07) is 6.60. The summed E-state index contributed by atoms with van der Waals surface area (Å²) in [4.78, 5) is 4.38. The van der Waals surface area contributed by atoms with E-state index in [0.717, 1.165) is 28.3 Å². The van der Waals surface area contributed by atoms with Gasteiger partial charge in [0.15, 0.2) is 11.5 Å². The molecule has 0 spiro atoms. The van der Waals surface area contributed by atoms with E-state index in [1.165, 1.54) is 32.1 Å². The number of benzene rings is 1. The van der Waals surface area contributed by atoms with Crippen molar-refractivity contribution in [3.05, 3.63) is 48.7 Å². The highest BCUT2D eigenvalue weighted by molar-refractivity contribution is 5.57. The fourth-order valence-electron chi connectivity index (χ4n) is 3.99. The summed E-state index contributed by atoms with van der Waals surface area (Å²) in [7, 11) is 1.66. The summed E-state index contributed by atoms with van der Waals surface area (Å²) in [5.74, 6) is 1.53. The second kappa shape index (κ2) is 8.50. The molecule has 2 aromatic heterocycles. The zero-order chi connectivity index (χ0) is 19.3. The summed E-state index contributed by atoms with van der Waals surface area (Å²) < 4.78 is 15.4. The SMILES string of the molecule is CCOc1cc(Cn2cncc2-c2cnn(C3CCCCC3)c2)ccc1OC. The van der Waals surface area contributed by atoms with Crippen LogP contribution in [0, 0.1) is 0 Å². The number of nitrogens with zero attached hydrogens (tertiary/aromatic N) is 4. The molecule has 1 saturated carbocycles. The molecule has 0 aliphatic heterocycles. The average Bonchev–Trinajstić information content (AvgIpc) is 3.38. The molecule has 4 rings (SSSR count). The molecular formula is C22H28N4O2. The Labute approximate surface area is 166 Å². The number of aromatic nitrogens is 4. The molecule has 6 nitrogen and oxygen atoms in total. The van der Waals surface area contributed by atoms with Crippen LogP contribution in [0.4, 0.5) is 0 Å². The quantitative estimate of drug-likeness (QED) is 0.596. The van der Waals surface area contributed by atoms with Gasteiger partial charge in [-0.3, -0.25) is 4.68 Å². The molecule has 148 valence electrons. The number of rotatable bonds is 7. The molecular weight excluding hydrogens is 352 g/mol. The van der Waals surface area contributed by atoms with Gasteiger partial charge in [-0.25, -0.2) is 4.98 Å². The smallest absolute Gasteiger partial charge is 0.161 e. The molecule has 0 amide bonds. The van der Waals surface area contributed by atoms with Crippen molar-refractivity contribution < 1.29 is 9.47 Å². The number of imidazole rings is 1. The lowest BCUT2D eigenvalue weighted by molar-refractivity contribution is 0.310. The largest absolute Gasteiger partial charge is 0.493 e. The van der Waals surface area contributed by atoms with Crippen molar-refractivity contribution in [1.29, 1.82) is 0 Å². The van der Waals surface area contributed by atoms with Gasteiger partial charge in [-0.05, 0) is 37.5 Å². The molecule has 0 unspecified atom stereocenters. The minimum Gasteiger partial charge on any atom is -0.493 e. The normalized spacial score (nSPS) is 14.9. The summed E-state index contributed by atoms with van der Waals surface area (Å²) in [5, 5.41) is 4.64. The van der Waals surface area contributed by atoms with Gasteiger partial charge in [0.2, 0.25) is 0 Å². The molecule has 0 N–H and O–H groups in total. The Balaban J connectivity index is 1.55. The maximum Gasteiger partial charge on any atom is 0.161 e. The lowest BCUT2D eigenvalue weighted by atomic mass is 9.96. The highest BCUT2D eigenvalue weighted by Gasteiger charge is 2.17. The van der Waals surface area contributed by atoms with Crippen molar-refractivity contribution in [2.45, 2.75) is 51.6 Å². The molecule has 0 atom stereocenters. The number of hydrogen-bond acceptors (Lipinski definition) is 4. The third-order valence-electron chi connectivity index (χ3n) is 5.44. The van der Waals surface area contributed by atoms with Crippen LogP contribution in [0.2, 0.25) is 0 Å². The van der Waals surface area contributed by atoms with E-state index < -0.39 is 0 Å². The van der Waals surface area contributed by atoms with Gasteiger partial charge in [-0.1, -0.05) is 25.3 Å². The van der Waals surface area contributed by atoms with Gasteiger partial charge in [0, 0.05) is 18.3 Å². The van der Waals surface area contributed by atoms with Crippen LogP contribution in [0.3, 0.4) is 0 Å². The van der Waals surface area contributed by atoms with E-state index in [9.17, 15) is 0 Å². The second-order valence-corrected chi connectivity index (χ2v) is 7.33. The highest BCUT2D eigenvalue weighted by Crippen LogP contribution is 2.31. The van der Waals surface area contributed by atoms with Crippen molar-refractivity contribution >= 4 is 0 Å². The summed E-state index contributed by atoms with van der Waals surface area (Å²) in [6.45, 7) is 3.30. The van der Waals surface area contributed by atoms with Crippen molar-refractivity contribution in [3.8, 4) is 22.8 Å². The second-order valence-electron chi connectivity index (χ2n) is 7.33. The molecule has 2 heterocycles. The molecule has 1 aliphatic rings. The van der Waals surface area contributed by atoms with Gasteiger partial charge in [-0.15, -0.1) is 0 Å². The first-order valence-corrected chi connectivity index (χ1v) is 10.1. The third kappa shape index (κ3) is 3.91. The van der Waals surface area contributed by atoms with Gasteiger partial charge in [0.25, 0.3) is 0 Å². The van der Waals surface area contributed by atoms with Crippen LogP contribution < -0.4 is 9.47 Å². The molecule has 1 aliphatic carbocycles. The first kappa shape index (κ1) is 18.6. The Morgan fingerprint density at radius 3 is 2.75 bits per heavy atom. The van der Waals surface area contributed by atoms with Crippen LogP contribution >= 0.6 is 0 Å². The van der Waals surface area contributed by atoms with Crippen LogP contribution in [0.5, 0.6) is 11.5 Å². The molecule has 28 heavy (non-hydrogen) atoms. The standard InChI is InChI=1S/C22H28N4O2/c1-3-28-22-11-17(9-10-21(22)27-2)14-25-16-23-13-20(25)18-12-24-26(15-18)19-7-5-4-6-8-19/h9-13,15-16,19H,3-8,14H2,1-2H3. The fraction of sp³-hybridized carbons (Fsp3) is 0.455. The monoisotopic (exact) mass is 380 g/mol. The molecule has 0 radical (unpaired) electrons. The fourth-order valence-corrected chi connectivity index (χ4v) is 3.99. The van der Waals surface area contributed by atoms with Crippen molar-refractivity contribution in [2.24, 2.45) is 0 Å². The van der Waals surface area contributed by atoms with E-state index in [1.54, 1.807) is 7.11 Å². The summed E-state index contributed by atoms with van der Waals surface area (Å²) >= 11 is 0. The lowest BCUT2D eigenvalue weighted by Gasteiger charge is -2.21. The Morgan fingerprint density at radius 1 is 1.11 bits per heavy atom. The first-order valence-electron chi connectivity index (χ1n) is 10.1. The van der Waals surface area contributed by atoms with E-state index in [-0.39, 0.29) is 0 Å². The van der Waals surface area contributed by atoms with Crippen molar-refractivity contribution in [3.63, 3.8) is 0 Å². The number of methoxy groups -OCH3 is 1. The summed E-state index contributed by atoms with van der Waals surface area (Å²) in [5.41, 5.74) is 3.33. The lowest BCUT2D eigenvalue weighted by Crippen LogP contribution is -2.12. The molecule has 1 aromatic carbocycles. The topological polar surface area (TPSA) is 54.1 Å². The van der Waals surface area contributed by atoms with E-state index in [1.807, 2.05) is 37.8 Å². The van der Waals surface area contributed by atoms with Crippen LogP contribution in [0.15, 0.2) is 43.1 Å². The van der Waals surface area contributed by atoms with Gasteiger partial charge in [-0.2, -0.15) is 5.10 Å². The van der Waals surface area contributed by atoms with E-state index >= 15 is 0 Å². The van der Waals surface area contributed by atoms with Gasteiger partial charge in [0.1, 0.15) is 0 Å². The minimum atomic E-state index is 0.536. The Kier molecular flexibility index (Phi) is 5.65. The van der Waals surface area contributed by atoms with Crippen molar-refractivity contribution in [1.82, 2.24) is 19.3 Å². The minimum absolute atomic E-state index is 0.536. The molecule has 6 heteroatoms.